The van der Waals surface area contributed by atoms with Crippen LogP contribution >= 0.6 is 11.3 Å². The molecule has 10 aromatic rings. The molecule has 0 unspecified atom stereocenters. The molecule has 1 spiro atoms. The summed E-state index contributed by atoms with van der Waals surface area (Å²) < 4.78 is 9.32. The first-order valence-electron chi connectivity index (χ1n) is 20.6. The minimum absolute atomic E-state index is 0.175. The molecule has 0 atom stereocenters. The molecule has 8 aromatic carbocycles. The summed E-state index contributed by atoms with van der Waals surface area (Å²) in [4.78, 5) is 10.3. The number of ether oxygens (including phenoxy) is 1. The fourth-order valence-corrected chi connectivity index (χ4v) is 11.1. The Morgan fingerprint density at radius 2 is 0.933 bits per heavy atom. The average Bonchev–Trinajstić information content (AvgIpc) is 3.69. The molecule has 12 rings (SSSR count). The van der Waals surface area contributed by atoms with Crippen molar-refractivity contribution in [1.82, 2.24) is 9.97 Å². The molecule has 284 valence electrons. The SMILES string of the molecule is CC1(C)c2ccccc2C2(c3ccccc3Oc3ccc(-c4ccc(-c5cc(-c6ccc7c(c6)sc6ccccc67)nc(-c6ccccc6)n5)cc4)cc32)c2ccccc21. The quantitative estimate of drug-likeness (QED) is 0.178. The van der Waals surface area contributed by atoms with Crippen molar-refractivity contribution < 1.29 is 4.74 Å². The number of para-hydroxylation sites is 1. The molecule has 1 aliphatic heterocycles. The van der Waals surface area contributed by atoms with Gasteiger partial charge in [0.15, 0.2) is 5.82 Å². The lowest BCUT2D eigenvalue weighted by molar-refractivity contribution is 0.425. The Hall–Kier alpha value is -7.14. The van der Waals surface area contributed by atoms with Crippen LogP contribution in [0.4, 0.5) is 0 Å². The molecular weight excluding hydrogens is 749 g/mol. The Kier molecular flexibility index (Phi) is 7.66. The summed E-state index contributed by atoms with van der Waals surface area (Å²) in [5, 5.41) is 2.57. The topological polar surface area (TPSA) is 35.0 Å². The number of aromatic nitrogens is 2. The molecule has 0 fully saturated rings. The van der Waals surface area contributed by atoms with Gasteiger partial charge >= 0.3 is 0 Å². The van der Waals surface area contributed by atoms with Crippen LogP contribution in [0.2, 0.25) is 0 Å². The third-order valence-electron chi connectivity index (χ3n) is 12.9. The summed E-state index contributed by atoms with van der Waals surface area (Å²) in [5.74, 6) is 2.49. The number of nitrogens with zero attached hydrogens (tertiary/aromatic N) is 2. The molecule has 2 aliphatic rings. The predicted molar refractivity (Wildman–Crippen MR) is 247 cm³/mol. The van der Waals surface area contributed by atoms with E-state index in [1.807, 2.05) is 29.5 Å². The largest absolute Gasteiger partial charge is 0.457 e. The maximum absolute atomic E-state index is 6.78. The van der Waals surface area contributed by atoms with E-state index in [4.69, 9.17) is 14.7 Å². The van der Waals surface area contributed by atoms with Gasteiger partial charge in [-0.1, -0.05) is 172 Å². The molecular formula is C56H38N2OS. The van der Waals surface area contributed by atoms with Gasteiger partial charge < -0.3 is 4.74 Å². The fraction of sp³-hybridized carbons (Fsp3) is 0.0714. The lowest BCUT2D eigenvalue weighted by Crippen LogP contribution is -2.43. The minimum Gasteiger partial charge on any atom is -0.457 e. The van der Waals surface area contributed by atoms with E-state index in [9.17, 15) is 0 Å². The Bertz CT molecular complexity index is 3280. The van der Waals surface area contributed by atoms with Crippen LogP contribution in [0.1, 0.15) is 47.2 Å². The van der Waals surface area contributed by atoms with Crippen molar-refractivity contribution in [2.24, 2.45) is 0 Å². The number of hydrogen-bond acceptors (Lipinski definition) is 4. The Morgan fingerprint density at radius 1 is 0.383 bits per heavy atom. The summed E-state index contributed by atoms with van der Waals surface area (Å²) in [6.07, 6.45) is 0. The smallest absolute Gasteiger partial charge is 0.160 e. The van der Waals surface area contributed by atoms with Gasteiger partial charge in [0.1, 0.15) is 11.5 Å². The van der Waals surface area contributed by atoms with Gasteiger partial charge in [-0.2, -0.15) is 0 Å². The molecule has 2 aromatic heterocycles. The molecule has 0 amide bonds. The van der Waals surface area contributed by atoms with Crippen LogP contribution in [0.5, 0.6) is 11.5 Å². The van der Waals surface area contributed by atoms with Gasteiger partial charge in [-0.25, -0.2) is 9.97 Å². The van der Waals surface area contributed by atoms with E-state index < -0.39 is 5.41 Å². The Labute approximate surface area is 353 Å². The highest BCUT2D eigenvalue weighted by molar-refractivity contribution is 7.25. The molecule has 3 nitrogen and oxygen atoms in total. The number of fused-ring (bicyclic) bond motifs is 11. The van der Waals surface area contributed by atoms with Gasteiger partial charge in [-0.15, -0.1) is 11.3 Å². The summed E-state index contributed by atoms with van der Waals surface area (Å²) in [6, 6.07) is 69.9. The highest BCUT2D eigenvalue weighted by Gasteiger charge is 2.52. The third kappa shape index (κ3) is 5.14. The summed E-state index contributed by atoms with van der Waals surface area (Å²) in [6.45, 7) is 4.71. The second-order valence-electron chi connectivity index (χ2n) is 16.5. The molecule has 0 N–H and O–H groups in total. The van der Waals surface area contributed by atoms with Gasteiger partial charge in [-0.05, 0) is 69.8 Å². The lowest BCUT2D eigenvalue weighted by Gasteiger charge is -2.50. The highest BCUT2D eigenvalue weighted by atomic mass is 32.1. The van der Waals surface area contributed by atoms with Crippen molar-refractivity contribution in [2.45, 2.75) is 24.7 Å². The third-order valence-corrected chi connectivity index (χ3v) is 14.0. The first-order chi connectivity index (χ1) is 29.5. The number of thiophene rings is 1. The molecule has 0 saturated carbocycles. The van der Waals surface area contributed by atoms with Gasteiger partial charge in [0.05, 0.1) is 16.8 Å². The molecule has 3 heterocycles. The normalized spacial score (nSPS) is 14.2. The summed E-state index contributed by atoms with van der Waals surface area (Å²) in [7, 11) is 0. The van der Waals surface area contributed by atoms with E-state index in [0.717, 1.165) is 56.3 Å². The second-order valence-corrected chi connectivity index (χ2v) is 17.6. The number of benzene rings is 8. The van der Waals surface area contributed by atoms with Crippen molar-refractivity contribution in [3.05, 3.63) is 228 Å². The summed E-state index contributed by atoms with van der Waals surface area (Å²) in [5.41, 5.74) is 14.0. The van der Waals surface area contributed by atoms with Crippen molar-refractivity contribution in [1.29, 1.82) is 0 Å². The van der Waals surface area contributed by atoms with Crippen LogP contribution in [0.3, 0.4) is 0 Å². The number of rotatable bonds is 4. The molecule has 1 aliphatic carbocycles. The zero-order chi connectivity index (χ0) is 40.0. The summed E-state index contributed by atoms with van der Waals surface area (Å²) >= 11 is 1.83. The monoisotopic (exact) mass is 786 g/mol. The Morgan fingerprint density at radius 3 is 1.68 bits per heavy atom. The van der Waals surface area contributed by atoms with Crippen LogP contribution in [-0.4, -0.2) is 9.97 Å². The molecule has 0 bridgehead atoms. The molecule has 0 saturated heterocycles. The van der Waals surface area contributed by atoms with E-state index in [0.29, 0.717) is 5.82 Å². The lowest BCUT2D eigenvalue weighted by atomic mass is 9.53. The van der Waals surface area contributed by atoms with Gasteiger partial charge in [0.2, 0.25) is 0 Å². The first kappa shape index (κ1) is 34.9. The average molecular weight is 787 g/mol. The van der Waals surface area contributed by atoms with Crippen molar-refractivity contribution >= 4 is 31.5 Å². The van der Waals surface area contributed by atoms with Gasteiger partial charge in [-0.3, -0.25) is 0 Å². The van der Waals surface area contributed by atoms with E-state index in [1.165, 1.54) is 48.0 Å². The number of hydrogen-bond donors (Lipinski definition) is 0. The van der Waals surface area contributed by atoms with E-state index >= 15 is 0 Å². The van der Waals surface area contributed by atoms with Gasteiger partial charge in [0, 0.05) is 53.4 Å². The van der Waals surface area contributed by atoms with Crippen molar-refractivity contribution in [3.8, 4) is 56.5 Å². The van der Waals surface area contributed by atoms with Gasteiger partial charge in [0.25, 0.3) is 0 Å². The highest BCUT2D eigenvalue weighted by Crippen LogP contribution is 2.61. The van der Waals surface area contributed by atoms with Crippen LogP contribution in [0.25, 0.3) is 65.2 Å². The zero-order valence-corrected chi connectivity index (χ0v) is 34.0. The predicted octanol–water partition coefficient (Wildman–Crippen LogP) is 14.6. The van der Waals surface area contributed by atoms with Crippen molar-refractivity contribution in [2.75, 3.05) is 0 Å². The fourth-order valence-electron chi connectivity index (χ4n) is 9.98. The Balaban J connectivity index is 0.989. The second kappa shape index (κ2) is 13.2. The van der Waals surface area contributed by atoms with Crippen LogP contribution in [0.15, 0.2) is 194 Å². The standard InChI is InChI=1S/C56H38N2OS/c1-55(2)42-17-7-9-19-44(42)56(45-20-10-8-18-43(45)55)46-21-11-12-22-50(46)59-51-31-29-38(32-47(51)56)35-24-26-36(27-25-35)48-34-49(58-54(57-48)37-14-4-3-5-15-37)39-28-30-41-40-16-6-13-23-52(40)60-53(41)33-39/h3-34H,1-2H3. The maximum Gasteiger partial charge on any atom is 0.160 e. The minimum atomic E-state index is -0.563. The molecule has 60 heavy (non-hydrogen) atoms. The van der Waals surface area contributed by atoms with Crippen LogP contribution in [0, 0.1) is 0 Å². The van der Waals surface area contributed by atoms with E-state index in [2.05, 4.69) is 190 Å². The van der Waals surface area contributed by atoms with E-state index in [-0.39, 0.29) is 5.41 Å². The molecule has 0 radical (unpaired) electrons. The molecule has 4 heteroatoms. The van der Waals surface area contributed by atoms with E-state index in [1.54, 1.807) is 0 Å². The van der Waals surface area contributed by atoms with Crippen LogP contribution < -0.4 is 4.74 Å². The first-order valence-corrected chi connectivity index (χ1v) is 21.4. The van der Waals surface area contributed by atoms with Crippen molar-refractivity contribution in [3.63, 3.8) is 0 Å². The van der Waals surface area contributed by atoms with Crippen LogP contribution in [-0.2, 0) is 10.8 Å². The zero-order valence-electron chi connectivity index (χ0n) is 33.2. The maximum atomic E-state index is 6.78.